The summed E-state index contributed by atoms with van der Waals surface area (Å²) < 4.78 is 5.18. The molecule has 2 N–H and O–H groups in total. The van der Waals surface area contributed by atoms with Crippen LogP contribution in [0.3, 0.4) is 0 Å². The van der Waals surface area contributed by atoms with Gasteiger partial charge in [0.1, 0.15) is 6.04 Å². The molecule has 3 heterocycles. The second-order valence-electron chi connectivity index (χ2n) is 4.37. The van der Waals surface area contributed by atoms with E-state index in [1.54, 1.807) is 31.5 Å². The van der Waals surface area contributed by atoms with Crippen molar-refractivity contribution >= 4 is 5.91 Å². The number of pyridine rings is 1. The maximum Gasteiger partial charge on any atom is 0.255 e. The molecule has 3 rings (SSSR count). The van der Waals surface area contributed by atoms with Crippen molar-refractivity contribution in [3.8, 4) is 11.4 Å². The molecule has 1 atom stereocenters. The van der Waals surface area contributed by atoms with Crippen molar-refractivity contribution in [1.82, 2.24) is 30.6 Å². The quantitative estimate of drug-likeness (QED) is 0.748. The average Bonchev–Trinajstić information content (AvgIpc) is 3.20. The Labute approximate surface area is 119 Å². The number of H-pyrrole nitrogens is 1. The minimum Gasteiger partial charge on any atom is -0.340 e. The van der Waals surface area contributed by atoms with E-state index in [-0.39, 0.29) is 5.91 Å². The Bertz CT molecular complexity index is 722. The van der Waals surface area contributed by atoms with E-state index in [1.807, 2.05) is 0 Å². The first-order valence-corrected chi connectivity index (χ1v) is 6.27. The Kier molecular flexibility index (Phi) is 3.42. The third kappa shape index (κ3) is 2.78. The van der Waals surface area contributed by atoms with Crippen LogP contribution in [0.2, 0.25) is 0 Å². The summed E-state index contributed by atoms with van der Waals surface area (Å²) in [5.41, 5.74) is 1.24. The maximum atomic E-state index is 11.9. The van der Waals surface area contributed by atoms with E-state index < -0.39 is 6.04 Å². The van der Waals surface area contributed by atoms with Gasteiger partial charge in [0.2, 0.25) is 11.7 Å². The average molecular weight is 284 g/mol. The maximum absolute atomic E-state index is 11.9. The summed E-state index contributed by atoms with van der Waals surface area (Å²) >= 11 is 0. The smallest absolute Gasteiger partial charge is 0.255 e. The molecule has 1 amide bonds. The summed E-state index contributed by atoms with van der Waals surface area (Å²) in [5.74, 6) is 0.523. The SMILES string of the molecule is CC(NC(=O)c1cn[nH]c1)c1nc(-c2ccncc2)no1. The molecule has 0 spiro atoms. The van der Waals surface area contributed by atoms with Crippen molar-refractivity contribution in [2.45, 2.75) is 13.0 Å². The first kappa shape index (κ1) is 13.0. The van der Waals surface area contributed by atoms with Crippen LogP contribution < -0.4 is 5.32 Å². The normalized spacial score (nSPS) is 12.0. The van der Waals surface area contributed by atoms with Crippen LogP contribution in [0, 0.1) is 0 Å². The van der Waals surface area contributed by atoms with Gasteiger partial charge in [-0.15, -0.1) is 0 Å². The number of nitrogens with zero attached hydrogens (tertiary/aromatic N) is 4. The Morgan fingerprint density at radius 1 is 1.38 bits per heavy atom. The van der Waals surface area contributed by atoms with Crippen molar-refractivity contribution in [3.05, 3.63) is 48.4 Å². The topological polar surface area (TPSA) is 110 Å². The lowest BCUT2D eigenvalue weighted by Gasteiger charge is -2.07. The highest BCUT2D eigenvalue weighted by Gasteiger charge is 2.18. The molecule has 21 heavy (non-hydrogen) atoms. The highest BCUT2D eigenvalue weighted by molar-refractivity contribution is 5.93. The van der Waals surface area contributed by atoms with Gasteiger partial charge in [0.25, 0.3) is 5.91 Å². The number of carbonyl (C=O) groups is 1. The number of amides is 1. The van der Waals surface area contributed by atoms with Gasteiger partial charge in [-0.3, -0.25) is 14.9 Å². The molecule has 0 aliphatic heterocycles. The molecule has 106 valence electrons. The van der Waals surface area contributed by atoms with Gasteiger partial charge in [0.05, 0.1) is 11.8 Å². The molecule has 0 saturated heterocycles. The number of aromatic nitrogens is 5. The van der Waals surface area contributed by atoms with E-state index in [9.17, 15) is 4.79 Å². The van der Waals surface area contributed by atoms with Crippen LogP contribution in [0.5, 0.6) is 0 Å². The summed E-state index contributed by atoms with van der Waals surface area (Å²) in [5, 5.41) is 13.0. The van der Waals surface area contributed by atoms with Crippen LogP contribution in [0.1, 0.15) is 29.2 Å². The molecule has 0 fully saturated rings. The second-order valence-corrected chi connectivity index (χ2v) is 4.37. The Morgan fingerprint density at radius 2 is 2.19 bits per heavy atom. The minimum atomic E-state index is -0.407. The van der Waals surface area contributed by atoms with Crippen molar-refractivity contribution in [3.63, 3.8) is 0 Å². The molecule has 0 radical (unpaired) electrons. The van der Waals surface area contributed by atoms with Gasteiger partial charge in [0, 0.05) is 24.2 Å². The van der Waals surface area contributed by atoms with Gasteiger partial charge in [-0.1, -0.05) is 5.16 Å². The summed E-state index contributed by atoms with van der Waals surface area (Å²) in [6.45, 7) is 1.77. The van der Waals surface area contributed by atoms with E-state index in [0.29, 0.717) is 17.3 Å². The highest BCUT2D eigenvalue weighted by atomic mass is 16.5. The van der Waals surface area contributed by atoms with E-state index in [1.165, 1.54) is 12.4 Å². The van der Waals surface area contributed by atoms with E-state index in [2.05, 4.69) is 30.6 Å². The molecule has 3 aromatic rings. The van der Waals surface area contributed by atoms with Crippen LogP contribution in [0.4, 0.5) is 0 Å². The zero-order chi connectivity index (χ0) is 14.7. The monoisotopic (exact) mass is 284 g/mol. The van der Waals surface area contributed by atoms with Crippen LogP contribution in [0.15, 0.2) is 41.4 Å². The molecule has 1 unspecified atom stereocenters. The molecule has 0 aromatic carbocycles. The number of hydrogen-bond donors (Lipinski definition) is 2. The summed E-state index contributed by atoms with van der Waals surface area (Å²) in [6, 6.07) is 3.16. The van der Waals surface area contributed by atoms with Crippen molar-refractivity contribution in [1.29, 1.82) is 0 Å². The largest absolute Gasteiger partial charge is 0.340 e. The zero-order valence-corrected chi connectivity index (χ0v) is 11.1. The molecule has 8 heteroatoms. The number of hydrogen-bond acceptors (Lipinski definition) is 6. The Balaban J connectivity index is 1.73. The van der Waals surface area contributed by atoms with E-state index >= 15 is 0 Å². The third-order valence-electron chi connectivity index (χ3n) is 2.86. The fourth-order valence-electron chi connectivity index (χ4n) is 1.75. The van der Waals surface area contributed by atoms with Gasteiger partial charge in [-0.2, -0.15) is 10.1 Å². The molecule has 0 aliphatic rings. The van der Waals surface area contributed by atoms with Crippen LogP contribution in [-0.2, 0) is 0 Å². The number of rotatable bonds is 4. The highest BCUT2D eigenvalue weighted by Crippen LogP contribution is 2.17. The zero-order valence-electron chi connectivity index (χ0n) is 11.1. The van der Waals surface area contributed by atoms with Gasteiger partial charge in [0.15, 0.2) is 0 Å². The predicted octanol–water partition coefficient (Wildman–Crippen LogP) is 1.35. The second kappa shape index (κ2) is 5.53. The fraction of sp³-hybridized carbons (Fsp3) is 0.154. The lowest BCUT2D eigenvalue weighted by Crippen LogP contribution is -2.26. The fourth-order valence-corrected chi connectivity index (χ4v) is 1.75. The molecule has 0 aliphatic carbocycles. The molecule has 8 nitrogen and oxygen atoms in total. The number of carbonyl (C=O) groups excluding carboxylic acids is 1. The summed E-state index contributed by atoms with van der Waals surface area (Å²) in [6.07, 6.45) is 6.25. The lowest BCUT2D eigenvalue weighted by molar-refractivity contribution is 0.0932. The van der Waals surface area contributed by atoms with E-state index in [4.69, 9.17) is 4.52 Å². The molecule has 0 bridgehead atoms. The van der Waals surface area contributed by atoms with E-state index in [0.717, 1.165) is 5.56 Å². The van der Waals surface area contributed by atoms with Gasteiger partial charge < -0.3 is 9.84 Å². The Morgan fingerprint density at radius 3 is 2.90 bits per heavy atom. The first-order chi connectivity index (χ1) is 10.2. The minimum absolute atomic E-state index is 0.264. The summed E-state index contributed by atoms with van der Waals surface area (Å²) in [7, 11) is 0. The lowest BCUT2D eigenvalue weighted by atomic mass is 10.2. The van der Waals surface area contributed by atoms with Crippen molar-refractivity contribution in [2.75, 3.05) is 0 Å². The van der Waals surface area contributed by atoms with Crippen LogP contribution in [0.25, 0.3) is 11.4 Å². The van der Waals surface area contributed by atoms with Crippen molar-refractivity contribution < 1.29 is 9.32 Å². The molecular formula is C13H12N6O2. The van der Waals surface area contributed by atoms with Crippen LogP contribution >= 0.6 is 0 Å². The van der Waals surface area contributed by atoms with Crippen LogP contribution in [-0.4, -0.2) is 31.2 Å². The molecular weight excluding hydrogens is 272 g/mol. The number of nitrogens with one attached hydrogen (secondary N) is 2. The first-order valence-electron chi connectivity index (χ1n) is 6.27. The van der Waals surface area contributed by atoms with Gasteiger partial charge >= 0.3 is 0 Å². The predicted molar refractivity (Wildman–Crippen MR) is 72.0 cm³/mol. The standard InChI is InChI=1S/C13H12N6O2/c1-8(17-12(20)10-6-15-16-7-10)13-18-11(19-21-13)9-2-4-14-5-3-9/h2-8H,1H3,(H,15,16)(H,17,20). The third-order valence-corrected chi connectivity index (χ3v) is 2.86. The van der Waals surface area contributed by atoms with Gasteiger partial charge in [-0.25, -0.2) is 0 Å². The molecule has 0 saturated carbocycles. The molecule has 3 aromatic heterocycles. The van der Waals surface area contributed by atoms with Gasteiger partial charge in [-0.05, 0) is 19.1 Å². The van der Waals surface area contributed by atoms with Crippen molar-refractivity contribution in [2.24, 2.45) is 0 Å². The Hall–Kier alpha value is -3.03. The summed E-state index contributed by atoms with van der Waals surface area (Å²) in [4.78, 5) is 20.1. The number of aromatic amines is 1.